The molecule has 25 heavy (non-hydrogen) atoms. The zero-order chi connectivity index (χ0) is 17.9. The van der Waals surface area contributed by atoms with Crippen LogP contribution < -0.4 is 0 Å². The summed E-state index contributed by atoms with van der Waals surface area (Å²) in [6.45, 7) is 5.81. The van der Waals surface area contributed by atoms with E-state index in [1.54, 1.807) is 6.92 Å². The summed E-state index contributed by atoms with van der Waals surface area (Å²) in [5, 5.41) is 31.7. The molecule has 5 rings (SSSR count). The third-order valence-corrected chi connectivity index (χ3v) is 8.52. The van der Waals surface area contributed by atoms with Gasteiger partial charge in [0.15, 0.2) is 0 Å². The second-order valence-corrected chi connectivity index (χ2v) is 9.19. The summed E-state index contributed by atoms with van der Waals surface area (Å²) in [7, 11) is 0. The summed E-state index contributed by atoms with van der Waals surface area (Å²) in [6, 6.07) is 0. The van der Waals surface area contributed by atoms with Crippen molar-refractivity contribution in [2.75, 3.05) is 0 Å². The van der Waals surface area contributed by atoms with Crippen molar-refractivity contribution in [3.05, 3.63) is 12.2 Å². The normalized spacial score (nSPS) is 58.7. The number of esters is 1. The molecule has 0 aromatic rings. The van der Waals surface area contributed by atoms with Crippen LogP contribution in [0.15, 0.2) is 12.2 Å². The number of carbonyl (C=O) groups is 2. The van der Waals surface area contributed by atoms with E-state index in [0.717, 1.165) is 24.8 Å². The Morgan fingerprint density at radius 1 is 1.28 bits per heavy atom. The van der Waals surface area contributed by atoms with Crippen LogP contribution in [0.5, 0.6) is 0 Å². The minimum atomic E-state index is -1.27. The molecule has 0 aromatic heterocycles. The molecule has 6 heteroatoms. The maximum absolute atomic E-state index is 12.7. The van der Waals surface area contributed by atoms with Crippen molar-refractivity contribution < 1.29 is 29.6 Å². The lowest BCUT2D eigenvalue weighted by atomic mass is 9.58. The van der Waals surface area contributed by atoms with E-state index in [4.69, 9.17) is 4.74 Å². The zero-order valence-corrected chi connectivity index (χ0v) is 14.3. The molecule has 4 aliphatic carbocycles. The van der Waals surface area contributed by atoms with Crippen molar-refractivity contribution in [3.63, 3.8) is 0 Å². The second-order valence-electron chi connectivity index (χ2n) is 9.19. The van der Waals surface area contributed by atoms with Gasteiger partial charge in [-0.2, -0.15) is 0 Å². The van der Waals surface area contributed by atoms with E-state index in [-0.39, 0.29) is 12.3 Å². The first-order valence-corrected chi connectivity index (χ1v) is 9.19. The van der Waals surface area contributed by atoms with E-state index < -0.39 is 52.4 Å². The van der Waals surface area contributed by atoms with Gasteiger partial charge >= 0.3 is 11.9 Å². The van der Waals surface area contributed by atoms with E-state index in [9.17, 15) is 24.9 Å². The fraction of sp³-hybridized carbons (Fsp3) is 0.789. The van der Waals surface area contributed by atoms with Crippen molar-refractivity contribution in [1.29, 1.82) is 0 Å². The molecule has 1 aliphatic heterocycles. The van der Waals surface area contributed by atoms with Crippen molar-refractivity contribution >= 4 is 11.9 Å². The summed E-state index contributed by atoms with van der Waals surface area (Å²) < 4.78 is 5.87. The van der Waals surface area contributed by atoms with Crippen LogP contribution in [0, 0.1) is 34.5 Å². The fourth-order valence-corrected chi connectivity index (χ4v) is 7.63. The van der Waals surface area contributed by atoms with Crippen LogP contribution in [-0.2, 0) is 14.3 Å². The highest BCUT2D eigenvalue weighted by molar-refractivity contribution is 5.85. The second kappa shape index (κ2) is 4.29. The van der Waals surface area contributed by atoms with Crippen LogP contribution in [0.25, 0.3) is 0 Å². The van der Waals surface area contributed by atoms with Gasteiger partial charge in [0, 0.05) is 18.3 Å². The molecule has 9 unspecified atom stereocenters. The fourth-order valence-electron chi connectivity index (χ4n) is 7.63. The number of carbonyl (C=O) groups excluding carboxylic acids is 1. The van der Waals surface area contributed by atoms with Gasteiger partial charge in [0.05, 0.1) is 23.5 Å². The number of aliphatic hydroxyl groups excluding tert-OH is 2. The van der Waals surface area contributed by atoms with Crippen LogP contribution in [0.3, 0.4) is 0 Å². The molecule has 4 bridgehead atoms. The first-order valence-electron chi connectivity index (χ1n) is 9.19. The van der Waals surface area contributed by atoms with Gasteiger partial charge in [0.2, 0.25) is 0 Å². The Labute approximate surface area is 145 Å². The van der Waals surface area contributed by atoms with Crippen LogP contribution in [0.4, 0.5) is 0 Å². The molecule has 4 saturated carbocycles. The van der Waals surface area contributed by atoms with Gasteiger partial charge in [-0.3, -0.25) is 9.59 Å². The number of hydrogen-bond donors (Lipinski definition) is 3. The Morgan fingerprint density at radius 3 is 2.68 bits per heavy atom. The number of carboxylic acids is 1. The quantitative estimate of drug-likeness (QED) is 0.484. The molecule has 0 radical (unpaired) electrons. The summed E-state index contributed by atoms with van der Waals surface area (Å²) in [6.07, 6.45) is 0.937. The van der Waals surface area contributed by atoms with Gasteiger partial charge < -0.3 is 20.1 Å². The van der Waals surface area contributed by atoms with E-state index in [2.05, 4.69) is 6.58 Å². The van der Waals surface area contributed by atoms with Crippen molar-refractivity contribution in [2.24, 2.45) is 34.5 Å². The maximum atomic E-state index is 12.7. The van der Waals surface area contributed by atoms with Crippen LogP contribution in [0.2, 0.25) is 0 Å². The van der Waals surface area contributed by atoms with Crippen LogP contribution >= 0.6 is 0 Å². The highest BCUT2D eigenvalue weighted by atomic mass is 16.6. The summed E-state index contributed by atoms with van der Waals surface area (Å²) in [5.74, 6) is -2.87. The standard InChI is InChI=1S/C19H24O6/c1-8-6-18-7-9(8)3-4-10(18)19-12(21)5-11(20)17(2,16(24)25-19)14(19)13(18)15(22)23/h9-14,20-21H,1,3-7H2,2H3,(H,22,23). The monoisotopic (exact) mass is 348 g/mol. The predicted octanol–water partition coefficient (Wildman–Crippen LogP) is 1.11. The molecule has 5 fully saturated rings. The van der Waals surface area contributed by atoms with Gasteiger partial charge in [-0.15, -0.1) is 0 Å². The summed E-state index contributed by atoms with van der Waals surface area (Å²) >= 11 is 0. The average Bonchev–Trinajstić information content (AvgIpc) is 3.01. The van der Waals surface area contributed by atoms with Crippen LogP contribution in [-0.4, -0.2) is 45.1 Å². The zero-order valence-electron chi connectivity index (χ0n) is 14.3. The topological polar surface area (TPSA) is 104 Å². The van der Waals surface area contributed by atoms with E-state index >= 15 is 0 Å². The summed E-state index contributed by atoms with van der Waals surface area (Å²) in [4.78, 5) is 25.2. The van der Waals surface area contributed by atoms with Crippen LogP contribution in [0.1, 0.15) is 39.0 Å². The Kier molecular flexibility index (Phi) is 2.71. The first-order chi connectivity index (χ1) is 11.7. The van der Waals surface area contributed by atoms with E-state index in [1.807, 2.05) is 0 Å². The minimum Gasteiger partial charge on any atom is -0.481 e. The molecular weight excluding hydrogens is 324 g/mol. The molecule has 5 aliphatic rings. The molecule has 136 valence electrons. The van der Waals surface area contributed by atoms with Crippen molar-refractivity contribution in [2.45, 2.75) is 56.8 Å². The lowest BCUT2D eigenvalue weighted by Crippen LogP contribution is -2.60. The molecule has 1 heterocycles. The Morgan fingerprint density at radius 2 is 2.00 bits per heavy atom. The first kappa shape index (κ1) is 15.8. The number of fused-ring (bicyclic) bond motifs is 1. The Hall–Kier alpha value is -1.40. The number of carboxylic acid groups (broad SMARTS) is 1. The highest BCUT2D eigenvalue weighted by Gasteiger charge is 2.85. The molecular formula is C19H24O6. The highest BCUT2D eigenvalue weighted by Crippen LogP contribution is 2.77. The number of hydrogen-bond acceptors (Lipinski definition) is 5. The number of rotatable bonds is 1. The van der Waals surface area contributed by atoms with Gasteiger partial charge in [-0.05, 0) is 43.9 Å². The largest absolute Gasteiger partial charge is 0.481 e. The maximum Gasteiger partial charge on any atom is 0.315 e. The number of aliphatic carboxylic acids is 1. The SMILES string of the molecule is C=C1CC23CC1CCC2C12OC(=O)C(C)(C(O)CC1O)C2C3C(=O)O. The van der Waals surface area contributed by atoms with E-state index in [0.29, 0.717) is 12.3 Å². The minimum absolute atomic E-state index is 0.0576. The molecule has 6 nitrogen and oxygen atoms in total. The molecule has 0 amide bonds. The molecule has 1 saturated heterocycles. The molecule has 9 atom stereocenters. The molecule has 3 N–H and O–H groups in total. The summed E-state index contributed by atoms with van der Waals surface area (Å²) in [5.41, 5.74) is -1.88. The lowest BCUT2D eigenvalue weighted by molar-refractivity contribution is -0.177. The third-order valence-electron chi connectivity index (χ3n) is 8.52. The smallest absolute Gasteiger partial charge is 0.315 e. The van der Waals surface area contributed by atoms with E-state index in [1.165, 1.54) is 0 Å². The van der Waals surface area contributed by atoms with Gasteiger partial charge in [0.1, 0.15) is 5.60 Å². The Bertz CT molecular complexity index is 717. The number of allylic oxidation sites excluding steroid dienone is 1. The van der Waals surface area contributed by atoms with Crippen molar-refractivity contribution in [3.8, 4) is 0 Å². The molecule has 0 aromatic carbocycles. The van der Waals surface area contributed by atoms with Gasteiger partial charge in [-0.25, -0.2) is 0 Å². The average molecular weight is 348 g/mol. The number of ether oxygens (including phenoxy) is 1. The third kappa shape index (κ3) is 1.41. The predicted molar refractivity (Wildman–Crippen MR) is 85.2 cm³/mol. The van der Waals surface area contributed by atoms with Gasteiger partial charge in [0.25, 0.3) is 0 Å². The molecule has 1 spiro atoms. The lowest BCUT2D eigenvalue weighted by Gasteiger charge is -2.47. The Balaban J connectivity index is 1.78. The van der Waals surface area contributed by atoms with Gasteiger partial charge in [-0.1, -0.05) is 12.2 Å². The number of aliphatic hydroxyl groups is 2. The van der Waals surface area contributed by atoms with Crippen molar-refractivity contribution in [1.82, 2.24) is 0 Å².